The Morgan fingerprint density at radius 1 is 1.15 bits per heavy atom. The molecule has 7 heteroatoms. The van der Waals surface area contributed by atoms with Crippen molar-refractivity contribution in [2.24, 2.45) is 0 Å². The molecule has 2 rings (SSSR count). The number of methoxy groups -OCH3 is 2. The van der Waals surface area contributed by atoms with E-state index in [1.54, 1.807) is 14.2 Å². The van der Waals surface area contributed by atoms with E-state index in [0.717, 1.165) is 32.2 Å². The second-order valence-electron chi connectivity index (χ2n) is 4.91. The summed E-state index contributed by atoms with van der Waals surface area (Å²) in [5, 5.41) is 6.48. The van der Waals surface area contributed by atoms with Gasteiger partial charge >= 0.3 is 6.01 Å². The van der Waals surface area contributed by atoms with Crippen LogP contribution in [0.1, 0.15) is 32.6 Å². The molecule has 0 saturated heterocycles. The summed E-state index contributed by atoms with van der Waals surface area (Å²) in [6, 6.07) is 0.661. The molecule has 0 bridgehead atoms. The number of hydrogen-bond acceptors (Lipinski definition) is 7. The van der Waals surface area contributed by atoms with E-state index in [1.165, 1.54) is 0 Å². The monoisotopic (exact) mass is 281 g/mol. The van der Waals surface area contributed by atoms with Gasteiger partial charge in [-0.15, -0.1) is 0 Å². The van der Waals surface area contributed by atoms with Gasteiger partial charge in [0.25, 0.3) is 0 Å². The molecule has 112 valence electrons. The van der Waals surface area contributed by atoms with Crippen molar-refractivity contribution in [3.05, 3.63) is 0 Å². The second kappa shape index (κ2) is 7.23. The van der Waals surface area contributed by atoms with Crippen molar-refractivity contribution >= 4 is 11.9 Å². The molecular formula is C13H23N5O2. The molecule has 0 spiro atoms. The third-order valence-corrected chi connectivity index (χ3v) is 3.38. The van der Waals surface area contributed by atoms with Crippen LogP contribution in [-0.4, -0.2) is 47.9 Å². The first-order chi connectivity index (χ1) is 9.75. The molecule has 1 heterocycles. The zero-order valence-corrected chi connectivity index (χ0v) is 12.3. The molecule has 0 radical (unpaired) electrons. The molecule has 1 fully saturated rings. The van der Waals surface area contributed by atoms with Crippen molar-refractivity contribution in [1.82, 2.24) is 15.0 Å². The third-order valence-electron chi connectivity index (χ3n) is 3.38. The molecule has 20 heavy (non-hydrogen) atoms. The van der Waals surface area contributed by atoms with Crippen LogP contribution in [0.5, 0.6) is 6.01 Å². The van der Waals surface area contributed by atoms with Crippen LogP contribution in [0, 0.1) is 0 Å². The van der Waals surface area contributed by atoms with Gasteiger partial charge in [-0.2, -0.15) is 15.0 Å². The lowest BCUT2D eigenvalue weighted by Gasteiger charge is -2.14. The number of rotatable bonds is 7. The summed E-state index contributed by atoms with van der Waals surface area (Å²) in [5.74, 6) is 1.10. The van der Waals surface area contributed by atoms with E-state index in [0.29, 0.717) is 30.1 Å². The van der Waals surface area contributed by atoms with Crippen LogP contribution in [-0.2, 0) is 4.74 Å². The van der Waals surface area contributed by atoms with E-state index in [-0.39, 0.29) is 0 Å². The lowest BCUT2D eigenvalue weighted by Crippen LogP contribution is -2.20. The Balaban J connectivity index is 2.02. The smallest absolute Gasteiger partial charge is 0.322 e. The van der Waals surface area contributed by atoms with Crippen molar-refractivity contribution in [1.29, 1.82) is 0 Å². The molecule has 0 aromatic carbocycles. The van der Waals surface area contributed by atoms with Gasteiger partial charge in [-0.05, 0) is 25.7 Å². The second-order valence-corrected chi connectivity index (χ2v) is 4.91. The number of aromatic nitrogens is 3. The molecule has 1 aliphatic rings. The Kier molecular flexibility index (Phi) is 5.34. The first-order valence-corrected chi connectivity index (χ1v) is 7.08. The summed E-state index contributed by atoms with van der Waals surface area (Å²) < 4.78 is 10.5. The van der Waals surface area contributed by atoms with Crippen molar-refractivity contribution in [2.45, 2.75) is 44.8 Å². The number of ether oxygens (including phenoxy) is 2. The van der Waals surface area contributed by atoms with Crippen LogP contribution in [0.2, 0.25) is 0 Å². The van der Waals surface area contributed by atoms with Crippen LogP contribution in [0.3, 0.4) is 0 Å². The Morgan fingerprint density at radius 3 is 2.60 bits per heavy atom. The van der Waals surface area contributed by atoms with E-state index < -0.39 is 0 Å². The van der Waals surface area contributed by atoms with Gasteiger partial charge in [0.15, 0.2) is 0 Å². The molecule has 2 unspecified atom stereocenters. The van der Waals surface area contributed by atoms with Crippen LogP contribution in [0.4, 0.5) is 11.9 Å². The van der Waals surface area contributed by atoms with Crippen molar-refractivity contribution in [2.75, 3.05) is 31.4 Å². The minimum Gasteiger partial charge on any atom is -0.467 e. The largest absolute Gasteiger partial charge is 0.467 e. The standard InChI is InChI=1S/C13H23N5O2/c1-4-7-14-11-16-12(18-13(17-11)20-3)15-9-5-6-10(8-9)19-2/h9-10H,4-8H2,1-3H3,(H2,14,15,16,17,18). The fourth-order valence-corrected chi connectivity index (χ4v) is 2.30. The minimum absolute atomic E-state index is 0.322. The SMILES string of the molecule is CCCNc1nc(NC2CCC(OC)C2)nc(OC)n1. The number of nitrogens with one attached hydrogen (secondary N) is 2. The van der Waals surface area contributed by atoms with E-state index in [9.17, 15) is 0 Å². The molecule has 1 aromatic rings. The summed E-state index contributed by atoms with van der Waals surface area (Å²) in [5.41, 5.74) is 0. The first-order valence-electron chi connectivity index (χ1n) is 7.08. The quantitative estimate of drug-likeness (QED) is 0.787. The van der Waals surface area contributed by atoms with Gasteiger partial charge in [0.2, 0.25) is 11.9 Å². The summed E-state index contributed by atoms with van der Waals surface area (Å²) in [7, 11) is 3.31. The van der Waals surface area contributed by atoms with E-state index >= 15 is 0 Å². The van der Waals surface area contributed by atoms with Gasteiger partial charge in [0, 0.05) is 19.7 Å². The van der Waals surface area contributed by atoms with Gasteiger partial charge in [-0.3, -0.25) is 0 Å². The highest BCUT2D eigenvalue weighted by Crippen LogP contribution is 2.24. The van der Waals surface area contributed by atoms with Gasteiger partial charge in [-0.1, -0.05) is 6.92 Å². The maximum Gasteiger partial charge on any atom is 0.322 e. The fourth-order valence-electron chi connectivity index (χ4n) is 2.30. The number of hydrogen-bond donors (Lipinski definition) is 2. The van der Waals surface area contributed by atoms with Crippen LogP contribution in [0.15, 0.2) is 0 Å². The fraction of sp³-hybridized carbons (Fsp3) is 0.769. The van der Waals surface area contributed by atoms with Gasteiger partial charge in [0.1, 0.15) is 0 Å². The van der Waals surface area contributed by atoms with Gasteiger partial charge in [0.05, 0.1) is 13.2 Å². The Labute approximate surface area is 119 Å². The van der Waals surface area contributed by atoms with E-state index in [1.807, 2.05) is 0 Å². The van der Waals surface area contributed by atoms with Crippen molar-refractivity contribution in [3.8, 4) is 6.01 Å². The Hall–Kier alpha value is -1.63. The molecule has 0 amide bonds. The molecule has 1 aromatic heterocycles. The first kappa shape index (κ1) is 14.8. The number of nitrogens with zero attached hydrogens (tertiary/aromatic N) is 3. The summed E-state index contributed by atoms with van der Waals surface area (Å²) in [6.45, 7) is 2.91. The molecular weight excluding hydrogens is 258 g/mol. The zero-order valence-electron chi connectivity index (χ0n) is 12.3. The number of anilines is 2. The topological polar surface area (TPSA) is 81.2 Å². The van der Waals surface area contributed by atoms with Crippen LogP contribution in [0.25, 0.3) is 0 Å². The average Bonchev–Trinajstić information content (AvgIpc) is 2.92. The Bertz CT molecular complexity index is 429. The highest BCUT2D eigenvalue weighted by molar-refractivity contribution is 5.36. The highest BCUT2D eigenvalue weighted by atomic mass is 16.5. The lowest BCUT2D eigenvalue weighted by atomic mass is 10.2. The van der Waals surface area contributed by atoms with Crippen molar-refractivity contribution in [3.63, 3.8) is 0 Å². The van der Waals surface area contributed by atoms with Gasteiger partial charge < -0.3 is 20.1 Å². The lowest BCUT2D eigenvalue weighted by molar-refractivity contribution is 0.108. The molecule has 2 atom stereocenters. The van der Waals surface area contributed by atoms with E-state index in [2.05, 4.69) is 32.5 Å². The zero-order chi connectivity index (χ0) is 14.4. The summed E-state index contributed by atoms with van der Waals surface area (Å²) in [4.78, 5) is 12.8. The van der Waals surface area contributed by atoms with Gasteiger partial charge in [-0.25, -0.2) is 0 Å². The maximum atomic E-state index is 5.37. The summed E-state index contributed by atoms with van der Waals surface area (Å²) >= 11 is 0. The minimum atomic E-state index is 0.322. The molecule has 1 aliphatic carbocycles. The molecule has 0 aliphatic heterocycles. The van der Waals surface area contributed by atoms with Crippen LogP contribution < -0.4 is 15.4 Å². The predicted octanol–water partition coefficient (Wildman–Crippen LogP) is 1.68. The van der Waals surface area contributed by atoms with E-state index in [4.69, 9.17) is 9.47 Å². The highest BCUT2D eigenvalue weighted by Gasteiger charge is 2.25. The summed E-state index contributed by atoms with van der Waals surface area (Å²) in [6.07, 6.45) is 4.44. The predicted molar refractivity (Wildman–Crippen MR) is 77.2 cm³/mol. The average molecular weight is 281 g/mol. The molecule has 1 saturated carbocycles. The normalized spacial score (nSPS) is 21.8. The van der Waals surface area contributed by atoms with Crippen molar-refractivity contribution < 1.29 is 9.47 Å². The molecule has 7 nitrogen and oxygen atoms in total. The maximum absolute atomic E-state index is 5.37. The Morgan fingerprint density at radius 2 is 1.95 bits per heavy atom. The third kappa shape index (κ3) is 3.93. The van der Waals surface area contributed by atoms with Crippen LogP contribution >= 0.6 is 0 Å². The molecule has 2 N–H and O–H groups in total.